The molecule has 5 heteroatoms. The molecule has 2 fully saturated rings. The molecule has 1 heterocycles. The normalized spacial score (nSPS) is 23.0. The number of carbonyl (C=O) groups excluding carboxylic acids is 1. The van der Waals surface area contributed by atoms with Gasteiger partial charge in [0, 0.05) is 19.0 Å². The maximum atomic E-state index is 12.1. The van der Waals surface area contributed by atoms with Crippen LogP contribution in [0.15, 0.2) is 0 Å². The summed E-state index contributed by atoms with van der Waals surface area (Å²) in [4.78, 5) is 24.5. The molecule has 2 rings (SSSR count). The van der Waals surface area contributed by atoms with Gasteiger partial charge in [0.05, 0.1) is 6.42 Å². The van der Waals surface area contributed by atoms with Crippen molar-refractivity contribution in [3.8, 4) is 0 Å². The average Bonchev–Trinajstić information content (AvgIpc) is 3.03. The molecule has 1 saturated carbocycles. The molecule has 0 aromatic carbocycles. The first kappa shape index (κ1) is 13.3. The first-order valence-corrected chi connectivity index (χ1v) is 6.89. The van der Waals surface area contributed by atoms with E-state index in [1.165, 1.54) is 0 Å². The van der Waals surface area contributed by atoms with Crippen molar-refractivity contribution in [1.29, 1.82) is 0 Å². The second kappa shape index (κ2) is 6.18. The van der Waals surface area contributed by atoms with Crippen LogP contribution in [0.4, 0.5) is 0 Å². The van der Waals surface area contributed by atoms with Crippen LogP contribution in [0.2, 0.25) is 0 Å². The van der Waals surface area contributed by atoms with Crippen molar-refractivity contribution < 1.29 is 14.7 Å². The topological polar surface area (TPSA) is 69.6 Å². The Morgan fingerprint density at radius 1 is 1.22 bits per heavy atom. The van der Waals surface area contributed by atoms with Crippen LogP contribution in [-0.2, 0) is 9.59 Å². The maximum absolute atomic E-state index is 12.1. The zero-order valence-corrected chi connectivity index (χ0v) is 10.7. The van der Waals surface area contributed by atoms with Crippen molar-refractivity contribution in [2.45, 2.75) is 44.6 Å². The number of rotatable bonds is 7. The summed E-state index contributed by atoms with van der Waals surface area (Å²) in [5.41, 5.74) is 0. The summed E-state index contributed by atoms with van der Waals surface area (Å²) in [7, 11) is 0. The third kappa shape index (κ3) is 3.98. The molecule has 18 heavy (non-hydrogen) atoms. The summed E-state index contributed by atoms with van der Waals surface area (Å²) in [6.07, 6.45) is 4.80. The lowest BCUT2D eigenvalue weighted by atomic mass is 10.0. The molecule has 0 spiro atoms. The molecule has 2 N–H and O–H groups in total. The highest BCUT2D eigenvalue weighted by Gasteiger charge is 2.32. The minimum Gasteiger partial charge on any atom is -0.481 e. The van der Waals surface area contributed by atoms with E-state index in [9.17, 15) is 9.59 Å². The first-order valence-electron chi connectivity index (χ1n) is 6.89. The number of hydrogen-bond acceptors (Lipinski definition) is 3. The van der Waals surface area contributed by atoms with Crippen LogP contribution in [0, 0.1) is 5.92 Å². The van der Waals surface area contributed by atoms with Crippen molar-refractivity contribution >= 4 is 11.9 Å². The van der Waals surface area contributed by atoms with Gasteiger partial charge in [-0.3, -0.25) is 9.59 Å². The molecule has 0 aromatic rings. The zero-order chi connectivity index (χ0) is 13.0. The van der Waals surface area contributed by atoms with Crippen LogP contribution in [-0.4, -0.2) is 47.6 Å². The third-order valence-electron chi connectivity index (χ3n) is 3.80. The van der Waals surface area contributed by atoms with Gasteiger partial charge in [-0.15, -0.1) is 0 Å². The van der Waals surface area contributed by atoms with Crippen LogP contribution in [0.25, 0.3) is 0 Å². The predicted molar refractivity (Wildman–Crippen MR) is 67.2 cm³/mol. The second-order valence-corrected chi connectivity index (χ2v) is 5.36. The van der Waals surface area contributed by atoms with E-state index in [1.807, 2.05) is 0 Å². The predicted octanol–water partition coefficient (Wildman–Crippen LogP) is 0.842. The monoisotopic (exact) mass is 254 g/mol. The third-order valence-corrected chi connectivity index (χ3v) is 3.80. The Balaban J connectivity index is 1.74. The molecule has 1 saturated heterocycles. The number of carboxylic acid groups (broad SMARTS) is 1. The highest BCUT2D eigenvalue weighted by atomic mass is 16.4. The van der Waals surface area contributed by atoms with Gasteiger partial charge in [0.25, 0.3) is 0 Å². The van der Waals surface area contributed by atoms with Crippen molar-refractivity contribution in [2.75, 3.05) is 19.6 Å². The average molecular weight is 254 g/mol. The summed E-state index contributed by atoms with van der Waals surface area (Å²) in [5, 5.41) is 12.0. The van der Waals surface area contributed by atoms with E-state index in [-0.39, 0.29) is 12.3 Å². The number of aliphatic carboxylic acids is 1. The van der Waals surface area contributed by atoms with E-state index in [2.05, 4.69) is 5.32 Å². The summed E-state index contributed by atoms with van der Waals surface area (Å²) >= 11 is 0. The lowest BCUT2D eigenvalue weighted by Crippen LogP contribution is -2.35. The SMILES string of the molecule is O=C(O)CCN(C(=O)CCC1CCNC1)C1CC1. The Hall–Kier alpha value is -1.10. The molecular weight excluding hydrogens is 232 g/mol. The van der Waals surface area contributed by atoms with Crippen molar-refractivity contribution in [1.82, 2.24) is 10.2 Å². The van der Waals surface area contributed by atoms with Gasteiger partial charge in [0.2, 0.25) is 5.91 Å². The minimum absolute atomic E-state index is 0.0627. The van der Waals surface area contributed by atoms with Gasteiger partial charge in [-0.1, -0.05) is 0 Å². The fraction of sp³-hybridized carbons (Fsp3) is 0.846. The molecular formula is C13H22N2O3. The van der Waals surface area contributed by atoms with E-state index in [4.69, 9.17) is 5.11 Å². The van der Waals surface area contributed by atoms with Crippen LogP contribution in [0.1, 0.15) is 38.5 Å². The van der Waals surface area contributed by atoms with Crippen molar-refractivity contribution in [3.05, 3.63) is 0 Å². The van der Waals surface area contributed by atoms with Crippen LogP contribution >= 0.6 is 0 Å². The van der Waals surface area contributed by atoms with Crippen LogP contribution in [0.5, 0.6) is 0 Å². The number of nitrogens with zero attached hydrogens (tertiary/aromatic N) is 1. The largest absolute Gasteiger partial charge is 0.481 e. The lowest BCUT2D eigenvalue weighted by molar-refractivity contribution is -0.138. The van der Waals surface area contributed by atoms with E-state index in [0.717, 1.165) is 38.8 Å². The number of carboxylic acids is 1. The Bertz CT molecular complexity index is 309. The molecule has 5 nitrogen and oxygen atoms in total. The molecule has 102 valence electrons. The second-order valence-electron chi connectivity index (χ2n) is 5.36. The summed E-state index contributed by atoms with van der Waals surface area (Å²) in [6.45, 7) is 2.46. The Kier molecular flexibility index (Phi) is 4.58. The summed E-state index contributed by atoms with van der Waals surface area (Å²) < 4.78 is 0. The van der Waals surface area contributed by atoms with Crippen molar-refractivity contribution in [2.24, 2.45) is 5.92 Å². The maximum Gasteiger partial charge on any atom is 0.305 e. The van der Waals surface area contributed by atoms with E-state index >= 15 is 0 Å². The highest BCUT2D eigenvalue weighted by molar-refractivity contribution is 5.77. The van der Waals surface area contributed by atoms with E-state index < -0.39 is 5.97 Å². The van der Waals surface area contributed by atoms with Gasteiger partial charge in [-0.05, 0) is 44.7 Å². The van der Waals surface area contributed by atoms with Gasteiger partial charge in [0.1, 0.15) is 0 Å². The number of carbonyl (C=O) groups is 2. The van der Waals surface area contributed by atoms with Gasteiger partial charge >= 0.3 is 5.97 Å². The van der Waals surface area contributed by atoms with Gasteiger partial charge in [-0.25, -0.2) is 0 Å². The quantitative estimate of drug-likeness (QED) is 0.706. The van der Waals surface area contributed by atoms with E-state index in [0.29, 0.717) is 24.9 Å². The molecule has 0 bridgehead atoms. The minimum atomic E-state index is -0.826. The zero-order valence-electron chi connectivity index (χ0n) is 10.7. The molecule has 0 radical (unpaired) electrons. The summed E-state index contributed by atoms with van der Waals surface area (Å²) in [6, 6.07) is 0.318. The number of nitrogens with one attached hydrogen (secondary N) is 1. The molecule has 1 atom stereocenters. The standard InChI is InChI=1S/C13H22N2O3/c16-12(4-1-10-5-7-14-9-10)15(11-2-3-11)8-6-13(17)18/h10-11,14H,1-9H2,(H,17,18). The molecule has 0 aromatic heterocycles. The van der Waals surface area contributed by atoms with Gasteiger partial charge < -0.3 is 15.3 Å². The molecule has 1 unspecified atom stereocenters. The Labute approximate surface area is 108 Å². The van der Waals surface area contributed by atoms with Gasteiger partial charge in [0.15, 0.2) is 0 Å². The first-order chi connectivity index (χ1) is 8.66. The summed E-state index contributed by atoms with van der Waals surface area (Å²) in [5.74, 6) is -0.0615. The molecule has 1 amide bonds. The Morgan fingerprint density at radius 3 is 2.56 bits per heavy atom. The smallest absolute Gasteiger partial charge is 0.305 e. The van der Waals surface area contributed by atoms with Crippen molar-refractivity contribution in [3.63, 3.8) is 0 Å². The van der Waals surface area contributed by atoms with Gasteiger partial charge in [-0.2, -0.15) is 0 Å². The van der Waals surface area contributed by atoms with Crippen LogP contribution < -0.4 is 5.32 Å². The molecule has 2 aliphatic rings. The van der Waals surface area contributed by atoms with E-state index in [1.54, 1.807) is 4.90 Å². The van der Waals surface area contributed by atoms with Crippen LogP contribution in [0.3, 0.4) is 0 Å². The fourth-order valence-electron chi connectivity index (χ4n) is 2.55. The molecule has 1 aliphatic heterocycles. The molecule has 1 aliphatic carbocycles. The fourth-order valence-corrected chi connectivity index (χ4v) is 2.55. The lowest BCUT2D eigenvalue weighted by Gasteiger charge is -2.22. The highest BCUT2D eigenvalue weighted by Crippen LogP contribution is 2.28. The Morgan fingerprint density at radius 2 is 2.00 bits per heavy atom. The number of amides is 1. The number of hydrogen-bond donors (Lipinski definition) is 2.